The molecule has 112 valence electrons. The van der Waals surface area contributed by atoms with E-state index in [2.05, 4.69) is 10.3 Å². The molecule has 6 nitrogen and oxygen atoms in total. The lowest BCUT2D eigenvalue weighted by atomic mass is 9.99. The van der Waals surface area contributed by atoms with Crippen molar-refractivity contribution in [2.24, 2.45) is 5.14 Å². The molecule has 3 aromatic rings. The minimum Gasteiger partial charge on any atom is -0.248 e. The summed E-state index contributed by atoms with van der Waals surface area (Å²) in [5.74, 6) is 0. The van der Waals surface area contributed by atoms with Crippen molar-refractivity contribution in [3.63, 3.8) is 0 Å². The highest BCUT2D eigenvalue weighted by atomic mass is 32.2. The number of nitrogens with two attached hydrogens (primary N) is 1. The van der Waals surface area contributed by atoms with Crippen LogP contribution in [-0.2, 0) is 16.6 Å². The first-order valence-electron chi connectivity index (χ1n) is 6.60. The van der Waals surface area contributed by atoms with Gasteiger partial charge in [0.2, 0.25) is 10.0 Å². The van der Waals surface area contributed by atoms with Gasteiger partial charge in [-0.1, -0.05) is 47.7 Å². The van der Waals surface area contributed by atoms with E-state index in [1.807, 2.05) is 36.4 Å². The van der Waals surface area contributed by atoms with Gasteiger partial charge < -0.3 is 0 Å². The zero-order valence-electron chi connectivity index (χ0n) is 11.6. The van der Waals surface area contributed by atoms with E-state index in [4.69, 9.17) is 5.14 Å². The summed E-state index contributed by atoms with van der Waals surface area (Å²) < 4.78 is 25.4. The fourth-order valence-corrected chi connectivity index (χ4v) is 3.15. The molecule has 0 aliphatic carbocycles. The molecule has 0 radical (unpaired) electrons. The molecule has 0 spiro atoms. The first-order chi connectivity index (χ1) is 10.6. The molecule has 1 heterocycles. The zero-order valence-corrected chi connectivity index (χ0v) is 12.4. The molecule has 22 heavy (non-hydrogen) atoms. The Kier molecular flexibility index (Phi) is 3.74. The highest BCUT2D eigenvalue weighted by Crippen LogP contribution is 2.28. The summed E-state index contributed by atoms with van der Waals surface area (Å²) in [6.45, 7) is 0.275. The Morgan fingerprint density at radius 3 is 2.45 bits per heavy atom. The van der Waals surface area contributed by atoms with Crippen molar-refractivity contribution >= 4 is 10.0 Å². The lowest BCUT2D eigenvalue weighted by Gasteiger charge is -2.14. The molecule has 0 fully saturated rings. The van der Waals surface area contributed by atoms with Crippen LogP contribution >= 0.6 is 0 Å². The van der Waals surface area contributed by atoms with Crippen molar-refractivity contribution in [1.82, 2.24) is 15.0 Å². The fourth-order valence-electron chi connectivity index (χ4n) is 2.36. The lowest BCUT2D eigenvalue weighted by Crippen LogP contribution is -2.16. The van der Waals surface area contributed by atoms with Crippen LogP contribution in [0.3, 0.4) is 0 Å². The topological polar surface area (TPSA) is 90.9 Å². The monoisotopic (exact) mass is 314 g/mol. The average Bonchev–Trinajstić information content (AvgIpc) is 3.00. The van der Waals surface area contributed by atoms with E-state index >= 15 is 0 Å². The fraction of sp³-hybridized carbons (Fsp3) is 0.0667. The van der Waals surface area contributed by atoms with Crippen molar-refractivity contribution < 1.29 is 8.42 Å². The van der Waals surface area contributed by atoms with E-state index in [0.29, 0.717) is 5.56 Å². The Hall–Kier alpha value is -2.51. The number of aromatic nitrogens is 3. The Morgan fingerprint density at radius 1 is 1.05 bits per heavy atom. The second-order valence-corrected chi connectivity index (χ2v) is 6.32. The van der Waals surface area contributed by atoms with Gasteiger partial charge >= 0.3 is 0 Å². The van der Waals surface area contributed by atoms with Gasteiger partial charge in [-0.25, -0.2) is 18.2 Å². The van der Waals surface area contributed by atoms with E-state index in [1.54, 1.807) is 23.1 Å². The Labute approximate surface area is 128 Å². The maximum absolute atomic E-state index is 11.9. The first kappa shape index (κ1) is 14.4. The number of hydrogen-bond donors (Lipinski definition) is 1. The molecule has 0 aliphatic heterocycles. The summed E-state index contributed by atoms with van der Waals surface area (Å²) in [6.07, 6.45) is 3.22. The third kappa shape index (κ3) is 2.90. The molecule has 7 heteroatoms. The summed E-state index contributed by atoms with van der Waals surface area (Å²) in [5.41, 5.74) is 2.33. The van der Waals surface area contributed by atoms with Gasteiger partial charge in [0.05, 0.1) is 17.6 Å². The minimum atomic E-state index is -3.83. The molecule has 0 unspecified atom stereocenters. The van der Waals surface area contributed by atoms with Gasteiger partial charge in [-0.3, -0.25) is 0 Å². The quantitative estimate of drug-likeness (QED) is 0.792. The van der Waals surface area contributed by atoms with Gasteiger partial charge in [-0.2, -0.15) is 0 Å². The summed E-state index contributed by atoms with van der Waals surface area (Å²) in [6, 6.07) is 14.6. The van der Waals surface area contributed by atoms with E-state index in [0.717, 1.165) is 11.1 Å². The van der Waals surface area contributed by atoms with Gasteiger partial charge in [0.25, 0.3) is 0 Å². The lowest BCUT2D eigenvalue weighted by molar-refractivity contribution is 0.592. The second kappa shape index (κ2) is 5.70. The van der Waals surface area contributed by atoms with Gasteiger partial charge in [0.15, 0.2) is 0 Å². The van der Waals surface area contributed by atoms with Crippen LogP contribution in [0.15, 0.2) is 65.8 Å². The van der Waals surface area contributed by atoms with Crippen molar-refractivity contribution in [3.8, 4) is 11.1 Å². The van der Waals surface area contributed by atoms with Crippen LogP contribution in [0.1, 0.15) is 5.56 Å². The predicted octanol–water partition coefficient (Wildman–Crippen LogP) is 1.64. The SMILES string of the molecule is NS(=O)(=O)c1cccc(-c2ccccc2)c1Cn1ccnn1. The molecule has 0 aliphatic rings. The molecule has 0 bridgehead atoms. The Morgan fingerprint density at radius 2 is 1.82 bits per heavy atom. The highest BCUT2D eigenvalue weighted by Gasteiger charge is 2.18. The zero-order chi connectivity index (χ0) is 15.6. The number of primary sulfonamides is 1. The molecule has 2 N–H and O–H groups in total. The van der Waals surface area contributed by atoms with Crippen molar-refractivity contribution in [1.29, 1.82) is 0 Å². The number of sulfonamides is 1. The summed E-state index contributed by atoms with van der Waals surface area (Å²) in [4.78, 5) is 0.101. The van der Waals surface area contributed by atoms with Gasteiger partial charge in [0.1, 0.15) is 0 Å². The van der Waals surface area contributed by atoms with Crippen LogP contribution in [0, 0.1) is 0 Å². The standard InChI is InChI=1S/C15H14N4O2S/c16-22(20,21)15-8-4-7-13(12-5-2-1-3-6-12)14(15)11-19-10-9-17-18-19/h1-10H,11H2,(H2,16,20,21). The number of hydrogen-bond acceptors (Lipinski definition) is 4. The highest BCUT2D eigenvalue weighted by molar-refractivity contribution is 7.89. The Bertz CT molecular complexity index is 875. The van der Waals surface area contributed by atoms with E-state index in [1.165, 1.54) is 6.07 Å². The van der Waals surface area contributed by atoms with Crippen LogP contribution in [0.5, 0.6) is 0 Å². The van der Waals surface area contributed by atoms with E-state index < -0.39 is 10.0 Å². The van der Waals surface area contributed by atoms with Gasteiger partial charge in [0, 0.05) is 11.8 Å². The molecular weight excluding hydrogens is 300 g/mol. The van der Waals surface area contributed by atoms with Gasteiger partial charge in [-0.05, 0) is 17.2 Å². The van der Waals surface area contributed by atoms with E-state index in [9.17, 15) is 8.42 Å². The van der Waals surface area contributed by atoms with Crippen LogP contribution < -0.4 is 5.14 Å². The van der Waals surface area contributed by atoms with Crippen molar-refractivity contribution in [2.45, 2.75) is 11.4 Å². The van der Waals surface area contributed by atoms with Crippen LogP contribution in [0.25, 0.3) is 11.1 Å². The summed E-state index contributed by atoms with van der Waals surface area (Å²) in [7, 11) is -3.83. The normalized spacial score (nSPS) is 11.5. The molecule has 2 aromatic carbocycles. The van der Waals surface area contributed by atoms with Gasteiger partial charge in [-0.15, -0.1) is 5.10 Å². The third-order valence-corrected chi connectivity index (χ3v) is 4.31. The third-order valence-electron chi connectivity index (χ3n) is 3.32. The maximum Gasteiger partial charge on any atom is 0.238 e. The molecule has 0 saturated carbocycles. The average molecular weight is 314 g/mol. The molecule has 3 rings (SSSR count). The second-order valence-electron chi connectivity index (χ2n) is 4.79. The van der Waals surface area contributed by atoms with Crippen LogP contribution in [-0.4, -0.2) is 23.4 Å². The molecule has 0 amide bonds. The number of rotatable bonds is 4. The first-order valence-corrected chi connectivity index (χ1v) is 8.14. The smallest absolute Gasteiger partial charge is 0.238 e. The largest absolute Gasteiger partial charge is 0.248 e. The summed E-state index contributed by atoms with van der Waals surface area (Å²) >= 11 is 0. The molecular formula is C15H14N4O2S. The van der Waals surface area contributed by atoms with E-state index in [-0.39, 0.29) is 11.4 Å². The van der Waals surface area contributed by atoms with Crippen molar-refractivity contribution in [3.05, 3.63) is 66.5 Å². The van der Waals surface area contributed by atoms with Crippen molar-refractivity contribution in [2.75, 3.05) is 0 Å². The number of benzene rings is 2. The molecule has 0 saturated heterocycles. The summed E-state index contributed by atoms with van der Waals surface area (Å²) in [5, 5.41) is 13.0. The van der Waals surface area contributed by atoms with Crippen LogP contribution in [0.4, 0.5) is 0 Å². The molecule has 0 atom stereocenters. The van der Waals surface area contributed by atoms with Crippen LogP contribution in [0.2, 0.25) is 0 Å². The minimum absolute atomic E-state index is 0.101. The Balaban J connectivity index is 2.22. The predicted molar refractivity (Wildman–Crippen MR) is 82.4 cm³/mol. The maximum atomic E-state index is 11.9. The number of nitrogens with zero attached hydrogens (tertiary/aromatic N) is 3. The molecule has 1 aromatic heterocycles.